The first-order chi connectivity index (χ1) is 3.55. The van der Waals surface area contributed by atoms with Crippen molar-refractivity contribution in [1.29, 1.82) is 0 Å². The number of amides is 1. The smallest absolute Gasteiger partial charge is 0.147 e. The van der Waals surface area contributed by atoms with Crippen molar-refractivity contribution in [3.8, 4) is 0 Å². The van der Waals surface area contributed by atoms with Gasteiger partial charge in [-0.1, -0.05) is 0 Å². The second-order valence-electron chi connectivity index (χ2n) is 2.05. The van der Waals surface area contributed by atoms with Crippen LogP contribution in [-0.2, 0) is 4.79 Å². The molecule has 2 N–H and O–H groups in total. The summed E-state index contributed by atoms with van der Waals surface area (Å²) in [5.41, 5.74) is 5.01. The zero-order chi connectivity index (χ0) is 6.73. The topological polar surface area (TPSA) is 43.1 Å². The van der Waals surface area contributed by atoms with E-state index in [4.69, 9.17) is 5.73 Å². The van der Waals surface area contributed by atoms with E-state index < -0.39 is 0 Å². The molecule has 56 valence electrons. The molecule has 0 aromatic heterocycles. The summed E-state index contributed by atoms with van der Waals surface area (Å²) in [5, 5.41) is 0. The van der Waals surface area contributed by atoms with Crippen LogP contribution in [0.2, 0.25) is 3.63 Å². The van der Waals surface area contributed by atoms with Crippen LogP contribution in [0.4, 0.5) is 0 Å². The Balaban J connectivity index is 0. The maximum atomic E-state index is 10.4. The molecule has 0 aliphatic heterocycles. The van der Waals surface area contributed by atoms with Gasteiger partial charge in [-0.15, -0.1) is 12.4 Å². The van der Waals surface area contributed by atoms with Crippen LogP contribution < -0.4 is 5.73 Å². The van der Waals surface area contributed by atoms with E-state index >= 15 is 0 Å². The summed E-state index contributed by atoms with van der Waals surface area (Å²) in [4.78, 5) is 10.4. The molecule has 0 aromatic carbocycles. The monoisotopic (exact) mass is 346 g/mol. The third-order valence-corrected chi connectivity index (χ3v) is 3.65. The molecule has 1 unspecified atom stereocenters. The summed E-state index contributed by atoms with van der Waals surface area (Å²) < 4.78 is 0.0648. The molecule has 4 heteroatoms. The van der Waals surface area contributed by atoms with Gasteiger partial charge in [0.25, 0.3) is 0 Å². The molecule has 0 radical (unpaired) electrons. The van der Waals surface area contributed by atoms with E-state index in [9.17, 15) is 4.79 Å². The van der Waals surface area contributed by atoms with Gasteiger partial charge < -0.3 is 0 Å². The molecular formula is C5H11AtClNO. The van der Waals surface area contributed by atoms with E-state index in [2.05, 4.69) is 0 Å². The minimum atomic E-state index is -0.184. The molecule has 0 saturated heterocycles. The SMILES string of the molecule is CC(C)C([At])C(N)=O.Cl. The molecule has 0 aliphatic rings. The Hall–Kier alpha value is 0.643. The van der Waals surface area contributed by atoms with Crippen LogP contribution in [0.5, 0.6) is 0 Å². The van der Waals surface area contributed by atoms with Crippen LogP contribution in [0, 0.1) is 30.6 Å². The van der Waals surface area contributed by atoms with Crippen molar-refractivity contribution in [2.75, 3.05) is 0 Å². The Morgan fingerprint density at radius 3 is 1.89 bits per heavy atom. The van der Waals surface area contributed by atoms with E-state index in [-0.39, 0.29) is 21.9 Å². The normalized spacial score (nSPS) is 12.4. The number of halogens is 1. The van der Waals surface area contributed by atoms with E-state index in [0.717, 1.165) is 0 Å². The molecular weight excluding hydrogens is 336 g/mol. The second kappa shape index (κ2) is 5.43. The van der Waals surface area contributed by atoms with Crippen molar-refractivity contribution < 1.29 is 29.5 Å². The van der Waals surface area contributed by atoms with Gasteiger partial charge in [-0.2, -0.15) is 0 Å². The molecule has 9 heavy (non-hydrogen) atoms. The molecule has 0 saturated carbocycles. The number of carbonyl (C=O) groups is 1. The van der Waals surface area contributed by atoms with Crippen LogP contribution in [0.3, 0.4) is 0 Å². The van der Waals surface area contributed by atoms with Gasteiger partial charge in [-0.3, -0.25) is 0 Å². The van der Waals surface area contributed by atoms with Gasteiger partial charge in [-0.25, -0.2) is 0 Å². The van der Waals surface area contributed by atoms with Crippen molar-refractivity contribution in [3.05, 3.63) is 0 Å². The first-order valence-electron chi connectivity index (χ1n) is 2.49. The quantitative estimate of drug-likeness (QED) is 0.793. The van der Waals surface area contributed by atoms with E-state index in [1.54, 1.807) is 0 Å². The Morgan fingerprint density at radius 1 is 1.56 bits per heavy atom. The zero-order valence-electron chi connectivity index (χ0n) is 5.43. The van der Waals surface area contributed by atoms with E-state index in [1.807, 2.05) is 13.8 Å². The maximum absolute atomic E-state index is 10.4. The van der Waals surface area contributed by atoms with Crippen LogP contribution in [0.25, 0.3) is 0 Å². The van der Waals surface area contributed by atoms with Crippen molar-refractivity contribution >= 4 is 18.3 Å². The Morgan fingerprint density at radius 2 is 1.89 bits per heavy atom. The minimum Gasteiger partial charge on any atom is -0.147 e. The van der Waals surface area contributed by atoms with Gasteiger partial charge in [0, 0.05) is 0 Å². The van der Waals surface area contributed by atoms with Crippen molar-refractivity contribution in [3.63, 3.8) is 0 Å². The fourth-order valence-electron chi connectivity index (χ4n) is 0.329. The fraction of sp³-hybridized carbons (Fsp3) is 0.800. The van der Waals surface area contributed by atoms with Crippen LogP contribution in [0.15, 0.2) is 0 Å². The van der Waals surface area contributed by atoms with Gasteiger partial charge in [0.15, 0.2) is 0 Å². The van der Waals surface area contributed by atoms with Gasteiger partial charge in [-0.05, 0) is 0 Å². The zero-order valence-corrected chi connectivity index (χ0v) is 9.18. The largest absolute Gasteiger partial charge is 0.147 e. The van der Waals surface area contributed by atoms with Gasteiger partial charge in [0.1, 0.15) is 0 Å². The second-order valence-corrected chi connectivity index (χ2v) is 3.88. The molecule has 0 aliphatic carbocycles. The van der Waals surface area contributed by atoms with E-state index in [1.165, 1.54) is 24.7 Å². The first-order valence-corrected chi connectivity index (χ1v) is 4.18. The fourth-order valence-corrected chi connectivity index (χ4v) is 0.329. The molecule has 1 atom stereocenters. The predicted octanol–water partition coefficient (Wildman–Crippen LogP) is 0.887. The number of carbonyl (C=O) groups excluding carboxylic acids is 1. The average Bonchev–Trinajstić information content (AvgIpc) is 1.64. The summed E-state index contributed by atoms with van der Waals surface area (Å²) in [5.74, 6) is 0.209. The summed E-state index contributed by atoms with van der Waals surface area (Å²) in [6.45, 7) is 3.99. The molecule has 0 spiro atoms. The minimum absolute atomic E-state index is 0. The standard InChI is InChI=1S/C5H10AtNO.ClH/c1-3(2)4(6)5(7)8;/h3-4H,1-2H3,(H2,7,8);1H. The Kier molecular flexibility index (Phi) is 7.44. The predicted molar refractivity (Wildman–Crippen MR) is 35.0 cm³/mol. The van der Waals surface area contributed by atoms with Gasteiger partial charge >= 0.3 is 64.5 Å². The average molecular weight is 347 g/mol. The van der Waals surface area contributed by atoms with E-state index in [0.29, 0.717) is 5.92 Å². The molecule has 0 aromatic rings. The van der Waals surface area contributed by atoms with Crippen LogP contribution in [-0.4, -0.2) is 5.91 Å². The summed E-state index contributed by atoms with van der Waals surface area (Å²) >= 11 is 1.46. The molecule has 0 bridgehead atoms. The number of hydrogen-bond acceptors (Lipinski definition) is 1. The summed E-state index contributed by atoms with van der Waals surface area (Å²) in [6.07, 6.45) is 0. The van der Waals surface area contributed by atoms with Gasteiger partial charge in [0.2, 0.25) is 0 Å². The number of hydrogen-bond donors (Lipinski definition) is 1. The summed E-state index contributed by atoms with van der Waals surface area (Å²) in [6, 6.07) is 0. The number of nitrogens with two attached hydrogens (primary N) is 1. The van der Waals surface area contributed by atoms with Crippen molar-refractivity contribution in [2.45, 2.75) is 17.5 Å². The molecule has 0 rings (SSSR count). The van der Waals surface area contributed by atoms with Crippen LogP contribution >= 0.6 is 12.4 Å². The number of primary amides is 1. The summed E-state index contributed by atoms with van der Waals surface area (Å²) in [7, 11) is 0. The van der Waals surface area contributed by atoms with Crippen molar-refractivity contribution in [1.82, 2.24) is 0 Å². The number of rotatable bonds is 2. The van der Waals surface area contributed by atoms with Crippen molar-refractivity contribution in [2.24, 2.45) is 11.7 Å². The molecule has 1 amide bonds. The maximum Gasteiger partial charge on any atom is -0.147 e. The Bertz CT molecular complexity index is 97.0. The third-order valence-electron chi connectivity index (χ3n) is 0.857. The molecule has 0 fully saturated rings. The molecule has 2 nitrogen and oxygen atoms in total. The van der Waals surface area contributed by atoms with Gasteiger partial charge in [0.05, 0.1) is 0 Å². The van der Waals surface area contributed by atoms with Crippen LogP contribution in [0.1, 0.15) is 13.8 Å². The Labute approximate surface area is 76.8 Å². The molecule has 0 heterocycles. The third kappa shape index (κ3) is 5.11. The first kappa shape index (κ1) is 12.3.